The standard InChI is InChI=1S/C11H11BrO/c1-9(7-8-12)11(13)10-5-3-2-4-6-10/h2-6H,1,7-8H2. The predicted octanol–water partition coefficient (Wildman–Crippen LogP) is 3.21. The van der Waals surface area contributed by atoms with Gasteiger partial charge in [0.2, 0.25) is 0 Å². The van der Waals surface area contributed by atoms with Gasteiger partial charge >= 0.3 is 0 Å². The zero-order valence-electron chi connectivity index (χ0n) is 7.29. The lowest BCUT2D eigenvalue weighted by Crippen LogP contribution is -2.02. The molecule has 0 saturated carbocycles. The topological polar surface area (TPSA) is 17.1 Å². The van der Waals surface area contributed by atoms with Gasteiger partial charge < -0.3 is 0 Å². The van der Waals surface area contributed by atoms with Crippen molar-refractivity contribution < 1.29 is 4.79 Å². The number of allylic oxidation sites excluding steroid dienone is 1. The number of Topliss-reactive ketones (excluding diaryl/α,β-unsaturated/α-hetero) is 1. The van der Waals surface area contributed by atoms with Gasteiger partial charge in [0.25, 0.3) is 0 Å². The minimum absolute atomic E-state index is 0.0417. The summed E-state index contributed by atoms with van der Waals surface area (Å²) in [5, 5.41) is 0.782. The van der Waals surface area contributed by atoms with Gasteiger partial charge in [-0.15, -0.1) is 0 Å². The molecule has 1 rings (SSSR count). The van der Waals surface area contributed by atoms with E-state index in [0.717, 1.165) is 5.33 Å². The van der Waals surface area contributed by atoms with Crippen LogP contribution >= 0.6 is 15.9 Å². The predicted molar refractivity (Wildman–Crippen MR) is 58.3 cm³/mol. The molecule has 13 heavy (non-hydrogen) atoms. The third kappa shape index (κ3) is 2.81. The first-order valence-electron chi connectivity index (χ1n) is 4.09. The van der Waals surface area contributed by atoms with Crippen LogP contribution in [0.2, 0.25) is 0 Å². The van der Waals surface area contributed by atoms with Crippen LogP contribution < -0.4 is 0 Å². The van der Waals surface area contributed by atoms with Crippen molar-refractivity contribution in [3.05, 3.63) is 48.0 Å². The first-order valence-corrected chi connectivity index (χ1v) is 5.21. The van der Waals surface area contributed by atoms with E-state index >= 15 is 0 Å². The highest BCUT2D eigenvalue weighted by Gasteiger charge is 2.07. The van der Waals surface area contributed by atoms with E-state index in [0.29, 0.717) is 17.6 Å². The molecule has 0 aliphatic carbocycles. The molecule has 0 unspecified atom stereocenters. The Morgan fingerprint density at radius 1 is 1.31 bits per heavy atom. The van der Waals surface area contributed by atoms with Gasteiger partial charge in [-0.2, -0.15) is 0 Å². The molecular weight excluding hydrogens is 228 g/mol. The Labute approximate surface area is 86.6 Å². The van der Waals surface area contributed by atoms with Gasteiger partial charge in [-0.25, -0.2) is 0 Å². The highest BCUT2D eigenvalue weighted by atomic mass is 79.9. The van der Waals surface area contributed by atoms with Gasteiger partial charge in [-0.3, -0.25) is 4.79 Å². The highest BCUT2D eigenvalue weighted by Crippen LogP contribution is 2.10. The zero-order chi connectivity index (χ0) is 9.68. The Hall–Kier alpha value is -0.890. The summed E-state index contributed by atoms with van der Waals surface area (Å²) in [5.74, 6) is 0.0417. The zero-order valence-corrected chi connectivity index (χ0v) is 8.88. The molecule has 68 valence electrons. The Morgan fingerprint density at radius 3 is 2.46 bits per heavy atom. The number of halogens is 1. The molecule has 0 aliphatic heterocycles. The molecule has 1 nitrogen and oxygen atoms in total. The van der Waals surface area contributed by atoms with Crippen molar-refractivity contribution in [2.45, 2.75) is 6.42 Å². The Morgan fingerprint density at radius 2 is 1.92 bits per heavy atom. The summed E-state index contributed by atoms with van der Waals surface area (Å²) < 4.78 is 0. The molecule has 0 spiro atoms. The molecule has 0 radical (unpaired) electrons. The van der Waals surface area contributed by atoms with Crippen LogP contribution in [-0.2, 0) is 0 Å². The van der Waals surface area contributed by atoms with Crippen molar-refractivity contribution in [2.75, 3.05) is 5.33 Å². The van der Waals surface area contributed by atoms with Gasteiger partial charge in [-0.1, -0.05) is 52.8 Å². The van der Waals surface area contributed by atoms with E-state index in [-0.39, 0.29) is 5.78 Å². The summed E-state index contributed by atoms with van der Waals surface area (Å²) >= 11 is 3.28. The summed E-state index contributed by atoms with van der Waals surface area (Å²) in [7, 11) is 0. The molecule has 1 aromatic carbocycles. The second-order valence-electron chi connectivity index (χ2n) is 2.74. The minimum Gasteiger partial charge on any atom is -0.289 e. The van der Waals surface area contributed by atoms with E-state index in [9.17, 15) is 4.79 Å². The van der Waals surface area contributed by atoms with E-state index in [1.54, 1.807) is 0 Å². The molecule has 0 bridgehead atoms. The lowest BCUT2D eigenvalue weighted by Gasteiger charge is -2.01. The van der Waals surface area contributed by atoms with Crippen molar-refractivity contribution in [1.29, 1.82) is 0 Å². The van der Waals surface area contributed by atoms with Crippen LogP contribution in [0.5, 0.6) is 0 Å². The van der Waals surface area contributed by atoms with Crippen LogP contribution in [0.4, 0.5) is 0 Å². The maximum absolute atomic E-state index is 11.6. The second-order valence-corrected chi connectivity index (χ2v) is 3.53. The number of carbonyl (C=O) groups is 1. The van der Waals surface area contributed by atoms with E-state index in [1.165, 1.54) is 0 Å². The van der Waals surface area contributed by atoms with Gasteiger partial charge in [-0.05, 0) is 12.0 Å². The van der Waals surface area contributed by atoms with Crippen LogP contribution in [0, 0.1) is 0 Å². The van der Waals surface area contributed by atoms with Crippen LogP contribution in [0.3, 0.4) is 0 Å². The summed E-state index contributed by atoms with van der Waals surface area (Å²) in [4.78, 5) is 11.6. The molecule has 1 aromatic rings. The first kappa shape index (κ1) is 10.2. The molecule has 0 N–H and O–H groups in total. The number of hydrogen-bond acceptors (Lipinski definition) is 1. The van der Waals surface area contributed by atoms with E-state index < -0.39 is 0 Å². The van der Waals surface area contributed by atoms with Crippen LogP contribution in [0.25, 0.3) is 0 Å². The fraction of sp³-hybridized carbons (Fsp3) is 0.182. The summed E-state index contributed by atoms with van der Waals surface area (Å²) in [6.45, 7) is 3.74. The third-order valence-electron chi connectivity index (χ3n) is 1.75. The molecule has 0 fully saturated rings. The van der Waals surface area contributed by atoms with Crippen molar-refractivity contribution in [1.82, 2.24) is 0 Å². The minimum atomic E-state index is 0.0417. The van der Waals surface area contributed by atoms with Crippen LogP contribution in [0.15, 0.2) is 42.5 Å². The number of carbonyl (C=O) groups excluding carboxylic acids is 1. The van der Waals surface area contributed by atoms with Crippen molar-refractivity contribution in [2.24, 2.45) is 0 Å². The quantitative estimate of drug-likeness (QED) is 0.448. The normalized spacial score (nSPS) is 9.62. The molecule has 0 heterocycles. The smallest absolute Gasteiger partial charge is 0.188 e. The van der Waals surface area contributed by atoms with Gasteiger partial charge in [0.1, 0.15) is 0 Å². The number of ketones is 1. The molecule has 0 aliphatic rings. The molecule has 2 heteroatoms. The number of hydrogen-bond donors (Lipinski definition) is 0. The number of benzene rings is 1. The maximum atomic E-state index is 11.6. The van der Waals surface area contributed by atoms with Crippen LogP contribution in [0.1, 0.15) is 16.8 Å². The Balaban J connectivity index is 2.74. The Kier molecular flexibility index (Phi) is 3.90. The molecular formula is C11H11BrO. The third-order valence-corrected chi connectivity index (χ3v) is 2.15. The summed E-state index contributed by atoms with van der Waals surface area (Å²) in [5.41, 5.74) is 1.37. The second kappa shape index (κ2) is 4.97. The van der Waals surface area contributed by atoms with E-state index in [2.05, 4.69) is 22.5 Å². The fourth-order valence-corrected chi connectivity index (χ4v) is 1.50. The molecule has 0 saturated heterocycles. The lowest BCUT2D eigenvalue weighted by atomic mass is 10.0. The number of alkyl halides is 1. The largest absolute Gasteiger partial charge is 0.289 e. The van der Waals surface area contributed by atoms with Gasteiger partial charge in [0.05, 0.1) is 0 Å². The lowest BCUT2D eigenvalue weighted by molar-refractivity contribution is 0.103. The average molecular weight is 239 g/mol. The SMILES string of the molecule is C=C(CCBr)C(=O)c1ccccc1. The average Bonchev–Trinajstić information content (AvgIpc) is 2.18. The molecule has 0 atom stereocenters. The van der Waals surface area contributed by atoms with E-state index in [4.69, 9.17) is 0 Å². The fourth-order valence-electron chi connectivity index (χ4n) is 1.02. The first-order chi connectivity index (χ1) is 6.25. The van der Waals surface area contributed by atoms with Gasteiger partial charge in [0, 0.05) is 10.9 Å². The van der Waals surface area contributed by atoms with Crippen molar-refractivity contribution >= 4 is 21.7 Å². The summed E-state index contributed by atoms with van der Waals surface area (Å²) in [6, 6.07) is 9.22. The maximum Gasteiger partial charge on any atom is 0.188 e. The highest BCUT2D eigenvalue weighted by molar-refractivity contribution is 9.09. The monoisotopic (exact) mass is 238 g/mol. The van der Waals surface area contributed by atoms with E-state index in [1.807, 2.05) is 30.3 Å². The van der Waals surface area contributed by atoms with Crippen molar-refractivity contribution in [3.8, 4) is 0 Å². The summed E-state index contributed by atoms with van der Waals surface area (Å²) in [6.07, 6.45) is 0.702. The van der Waals surface area contributed by atoms with Gasteiger partial charge in [0.15, 0.2) is 5.78 Å². The molecule has 0 amide bonds. The number of rotatable bonds is 4. The van der Waals surface area contributed by atoms with Crippen LogP contribution in [-0.4, -0.2) is 11.1 Å². The van der Waals surface area contributed by atoms with Crippen molar-refractivity contribution in [3.63, 3.8) is 0 Å². The Bertz CT molecular complexity index is 303. The molecule has 0 aromatic heterocycles.